The molecule has 0 spiro atoms. The lowest BCUT2D eigenvalue weighted by Crippen LogP contribution is -2.33. The van der Waals surface area contributed by atoms with Crippen molar-refractivity contribution < 1.29 is 0 Å². The summed E-state index contributed by atoms with van der Waals surface area (Å²) in [5.41, 5.74) is 14.3. The highest BCUT2D eigenvalue weighted by Crippen LogP contribution is 2.31. The Balaban J connectivity index is 1.63. The molecular formula is C39H48N6S3. The van der Waals surface area contributed by atoms with Crippen LogP contribution >= 0.6 is 36.7 Å². The molecule has 4 aromatic rings. The summed E-state index contributed by atoms with van der Waals surface area (Å²) in [6, 6.07) is 24.7. The quantitative estimate of drug-likeness (QED) is 0.0816. The molecule has 6 N–H and O–H groups in total. The first kappa shape index (κ1) is 36.8. The lowest BCUT2D eigenvalue weighted by molar-refractivity contribution is 0.790. The molecule has 0 aliphatic heterocycles. The SMILES string of the molecule is CCc1c(CNC(=S)Nc2ccc(C)cc2)c(CC)c(CNC(=S)Nc2ccc(C)cc2)c(CC)c1CNC(=S)Nc1ccc(C)cc1. The Morgan fingerprint density at radius 1 is 0.396 bits per heavy atom. The Morgan fingerprint density at radius 3 is 0.833 bits per heavy atom. The van der Waals surface area contributed by atoms with E-state index in [9.17, 15) is 0 Å². The van der Waals surface area contributed by atoms with Crippen LogP contribution in [0.3, 0.4) is 0 Å². The van der Waals surface area contributed by atoms with Gasteiger partial charge in [-0.3, -0.25) is 0 Å². The van der Waals surface area contributed by atoms with Crippen LogP contribution in [0.4, 0.5) is 17.1 Å². The van der Waals surface area contributed by atoms with Crippen LogP contribution in [0.25, 0.3) is 0 Å². The molecule has 0 aromatic heterocycles. The fourth-order valence-electron chi connectivity index (χ4n) is 5.96. The van der Waals surface area contributed by atoms with Gasteiger partial charge in [0.2, 0.25) is 0 Å². The second-order valence-corrected chi connectivity index (χ2v) is 13.2. The van der Waals surface area contributed by atoms with Crippen LogP contribution in [0.15, 0.2) is 72.8 Å². The van der Waals surface area contributed by atoms with Gasteiger partial charge in [0.1, 0.15) is 0 Å². The molecule has 0 saturated heterocycles. The average molecular weight is 697 g/mol. The van der Waals surface area contributed by atoms with Gasteiger partial charge in [-0.15, -0.1) is 0 Å². The standard InChI is InChI=1S/C39H48N6S3/c1-7-31-34(22-40-37(46)43-28-16-10-25(4)11-17-28)32(8-2)36(24-42-39(48)45-30-20-14-27(6)15-21-30)33(9-3)35(31)23-41-38(47)44-29-18-12-26(5)13-19-29/h10-21H,7-9,22-24H2,1-6H3,(H2,40,43,46)(H2,41,44,47)(H2,42,45,48). The van der Waals surface area contributed by atoms with Crippen molar-refractivity contribution in [1.82, 2.24) is 16.0 Å². The van der Waals surface area contributed by atoms with Gasteiger partial charge in [0.05, 0.1) is 0 Å². The van der Waals surface area contributed by atoms with Gasteiger partial charge in [0, 0.05) is 36.7 Å². The second-order valence-electron chi connectivity index (χ2n) is 12.0. The van der Waals surface area contributed by atoms with Crippen LogP contribution in [0.2, 0.25) is 0 Å². The molecule has 0 saturated carbocycles. The topological polar surface area (TPSA) is 72.2 Å². The van der Waals surface area contributed by atoms with Crippen molar-refractivity contribution in [2.24, 2.45) is 0 Å². The molecule has 4 rings (SSSR count). The number of hydrogen-bond acceptors (Lipinski definition) is 3. The van der Waals surface area contributed by atoms with E-state index in [1.165, 1.54) is 50.1 Å². The fourth-order valence-corrected chi connectivity index (χ4v) is 6.53. The summed E-state index contributed by atoms with van der Waals surface area (Å²) in [6.07, 6.45) is 2.64. The zero-order valence-electron chi connectivity index (χ0n) is 28.9. The average Bonchev–Trinajstić information content (AvgIpc) is 3.07. The Hall–Kier alpha value is -4.05. The molecule has 48 heavy (non-hydrogen) atoms. The van der Waals surface area contributed by atoms with Gasteiger partial charge in [0.15, 0.2) is 15.3 Å². The minimum Gasteiger partial charge on any atom is -0.358 e. The Labute approximate surface area is 302 Å². The Morgan fingerprint density at radius 2 is 0.625 bits per heavy atom. The molecular weight excluding hydrogens is 649 g/mol. The molecule has 0 atom stereocenters. The normalized spacial score (nSPS) is 10.6. The van der Waals surface area contributed by atoms with Crippen molar-refractivity contribution in [3.05, 3.63) is 123 Å². The summed E-state index contributed by atoms with van der Waals surface area (Å²) in [7, 11) is 0. The monoisotopic (exact) mass is 696 g/mol. The Bertz CT molecular complexity index is 1490. The molecule has 0 heterocycles. The van der Waals surface area contributed by atoms with Crippen molar-refractivity contribution in [2.45, 2.75) is 80.4 Å². The van der Waals surface area contributed by atoms with Gasteiger partial charge < -0.3 is 31.9 Å². The third kappa shape index (κ3) is 10.2. The van der Waals surface area contributed by atoms with E-state index in [1.807, 2.05) is 36.4 Å². The molecule has 0 aliphatic rings. The fraction of sp³-hybridized carbons (Fsp3) is 0.308. The van der Waals surface area contributed by atoms with Crippen LogP contribution < -0.4 is 31.9 Å². The lowest BCUT2D eigenvalue weighted by atomic mass is 9.83. The summed E-state index contributed by atoms with van der Waals surface area (Å²) in [4.78, 5) is 0. The van der Waals surface area contributed by atoms with Crippen molar-refractivity contribution >= 4 is 69.1 Å². The first-order chi connectivity index (χ1) is 23.1. The smallest absolute Gasteiger partial charge is 0.171 e. The van der Waals surface area contributed by atoms with E-state index in [-0.39, 0.29) is 0 Å². The van der Waals surface area contributed by atoms with Gasteiger partial charge in [-0.1, -0.05) is 73.9 Å². The molecule has 9 heteroatoms. The predicted molar refractivity (Wildman–Crippen MR) is 217 cm³/mol. The molecule has 0 aliphatic carbocycles. The number of rotatable bonds is 12. The largest absolute Gasteiger partial charge is 0.358 e. The van der Waals surface area contributed by atoms with E-state index < -0.39 is 0 Å². The van der Waals surface area contributed by atoms with Gasteiger partial charge in [-0.05, 0) is 146 Å². The van der Waals surface area contributed by atoms with Crippen molar-refractivity contribution in [3.63, 3.8) is 0 Å². The first-order valence-electron chi connectivity index (χ1n) is 16.6. The van der Waals surface area contributed by atoms with Gasteiger partial charge in [-0.2, -0.15) is 0 Å². The van der Waals surface area contributed by atoms with Crippen molar-refractivity contribution in [3.8, 4) is 0 Å². The van der Waals surface area contributed by atoms with Crippen LogP contribution in [-0.4, -0.2) is 15.3 Å². The maximum absolute atomic E-state index is 5.75. The molecule has 0 radical (unpaired) electrons. The van der Waals surface area contributed by atoms with Crippen molar-refractivity contribution in [2.75, 3.05) is 16.0 Å². The van der Waals surface area contributed by atoms with E-state index >= 15 is 0 Å². The van der Waals surface area contributed by atoms with E-state index in [2.05, 4.69) is 110 Å². The highest BCUT2D eigenvalue weighted by Gasteiger charge is 2.22. The minimum atomic E-state index is 0.592. The second kappa shape index (κ2) is 17.9. The number of benzene rings is 4. The van der Waals surface area contributed by atoms with Crippen LogP contribution in [0, 0.1) is 20.8 Å². The molecule has 6 nitrogen and oxygen atoms in total. The molecule has 252 valence electrons. The van der Waals surface area contributed by atoms with Crippen LogP contribution in [0.1, 0.15) is 70.8 Å². The number of nitrogens with one attached hydrogen (secondary N) is 6. The highest BCUT2D eigenvalue weighted by molar-refractivity contribution is 7.80. The molecule has 0 amide bonds. The predicted octanol–water partition coefficient (Wildman–Crippen LogP) is 8.76. The van der Waals surface area contributed by atoms with Crippen LogP contribution in [0.5, 0.6) is 0 Å². The summed E-state index contributed by atoms with van der Waals surface area (Å²) >= 11 is 17.3. The molecule has 4 aromatic carbocycles. The lowest BCUT2D eigenvalue weighted by Gasteiger charge is -2.27. The minimum absolute atomic E-state index is 0.592. The summed E-state index contributed by atoms with van der Waals surface area (Å²) in [5.74, 6) is 0. The van der Waals surface area contributed by atoms with E-state index in [0.717, 1.165) is 36.3 Å². The summed E-state index contributed by atoms with van der Waals surface area (Å²) < 4.78 is 0. The van der Waals surface area contributed by atoms with Crippen LogP contribution in [-0.2, 0) is 38.9 Å². The number of hydrogen-bond donors (Lipinski definition) is 6. The maximum atomic E-state index is 5.75. The number of aryl methyl sites for hydroxylation is 3. The van der Waals surface area contributed by atoms with E-state index in [0.29, 0.717) is 35.0 Å². The van der Waals surface area contributed by atoms with Gasteiger partial charge >= 0.3 is 0 Å². The third-order valence-electron chi connectivity index (χ3n) is 8.45. The molecule has 0 fully saturated rings. The number of thiocarbonyl (C=S) groups is 3. The maximum Gasteiger partial charge on any atom is 0.171 e. The summed E-state index contributed by atoms with van der Waals surface area (Å²) in [5, 5.41) is 22.3. The number of anilines is 3. The molecule has 0 bridgehead atoms. The van der Waals surface area contributed by atoms with E-state index in [1.54, 1.807) is 0 Å². The van der Waals surface area contributed by atoms with Gasteiger partial charge in [0.25, 0.3) is 0 Å². The first-order valence-corrected chi connectivity index (χ1v) is 17.9. The zero-order chi connectivity index (χ0) is 34.6. The highest BCUT2D eigenvalue weighted by atomic mass is 32.1. The zero-order valence-corrected chi connectivity index (χ0v) is 31.3. The van der Waals surface area contributed by atoms with E-state index in [4.69, 9.17) is 36.7 Å². The molecule has 0 unspecified atom stereocenters. The van der Waals surface area contributed by atoms with Gasteiger partial charge in [-0.25, -0.2) is 0 Å². The Kier molecular flexibility index (Phi) is 13.7. The third-order valence-corrected chi connectivity index (χ3v) is 9.19. The van der Waals surface area contributed by atoms with Crippen molar-refractivity contribution in [1.29, 1.82) is 0 Å². The summed E-state index contributed by atoms with van der Waals surface area (Å²) in [6.45, 7) is 14.7.